The fourth-order valence-electron chi connectivity index (χ4n) is 2.09. The van der Waals surface area contributed by atoms with E-state index < -0.39 is 0 Å². The number of hydrogen-bond acceptors (Lipinski definition) is 2. The zero-order valence-corrected chi connectivity index (χ0v) is 11.7. The Morgan fingerprint density at radius 1 is 1.16 bits per heavy atom. The van der Waals surface area contributed by atoms with Gasteiger partial charge in [-0.05, 0) is 50.6 Å². The average molecular weight is 262 g/mol. The van der Waals surface area contributed by atoms with E-state index in [0.29, 0.717) is 0 Å². The molecule has 1 N–H and O–H groups in total. The number of rotatable bonds is 4. The van der Waals surface area contributed by atoms with Crippen LogP contribution in [0.5, 0.6) is 5.75 Å². The lowest BCUT2D eigenvalue weighted by Crippen LogP contribution is -2.21. The molecule has 3 nitrogen and oxygen atoms in total. The average Bonchev–Trinajstić information content (AvgIpc) is 2.71. The van der Waals surface area contributed by atoms with E-state index in [2.05, 4.69) is 17.6 Å². The molecular formula is C15H19FN2O. The summed E-state index contributed by atoms with van der Waals surface area (Å²) in [7, 11) is 1.47. The molecule has 0 aliphatic heterocycles. The monoisotopic (exact) mass is 262 g/mol. The standard InChI is InChI=1S/C15H19FN2O/c1-10-5-6-11(2)18(10)17-12(3)13-7-8-14(16)15(9-13)19-4/h5-9,12,17H,1-4H3. The van der Waals surface area contributed by atoms with E-state index in [-0.39, 0.29) is 17.6 Å². The first-order chi connectivity index (χ1) is 9.02. The lowest BCUT2D eigenvalue weighted by atomic mass is 10.1. The van der Waals surface area contributed by atoms with Crippen LogP contribution >= 0.6 is 0 Å². The Balaban J connectivity index is 2.23. The van der Waals surface area contributed by atoms with Crippen molar-refractivity contribution in [1.29, 1.82) is 0 Å². The predicted molar refractivity (Wildman–Crippen MR) is 74.6 cm³/mol. The molecule has 0 bridgehead atoms. The van der Waals surface area contributed by atoms with Gasteiger partial charge in [-0.15, -0.1) is 0 Å². The molecular weight excluding hydrogens is 243 g/mol. The zero-order chi connectivity index (χ0) is 14.0. The van der Waals surface area contributed by atoms with E-state index in [4.69, 9.17) is 4.74 Å². The number of nitrogens with zero attached hydrogens (tertiary/aromatic N) is 1. The van der Waals surface area contributed by atoms with Crippen molar-refractivity contribution in [3.8, 4) is 5.75 Å². The van der Waals surface area contributed by atoms with E-state index >= 15 is 0 Å². The molecule has 0 aliphatic rings. The highest BCUT2D eigenvalue weighted by molar-refractivity contribution is 5.33. The molecule has 0 spiro atoms. The number of hydrogen-bond donors (Lipinski definition) is 1. The van der Waals surface area contributed by atoms with Crippen molar-refractivity contribution in [3.63, 3.8) is 0 Å². The van der Waals surface area contributed by atoms with Crippen LogP contribution in [0.25, 0.3) is 0 Å². The molecule has 0 saturated carbocycles. The van der Waals surface area contributed by atoms with Crippen LogP contribution in [0.3, 0.4) is 0 Å². The van der Waals surface area contributed by atoms with E-state index in [1.54, 1.807) is 12.1 Å². The smallest absolute Gasteiger partial charge is 0.165 e. The Bertz CT molecular complexity index is 558. The number of benzene rings is 1. The van der Waals surface area contributed by atoms with Crippen molar-refractivity contribution >= 4 is 0 Å². The molecule has 0 saturated heterocycles. The van der Waals surface area contributed by atoms with Gasteiger partial charge in [-0.3, -0.25) is 4.68 Å². The van der Waals surface area contributed by atoms with Crippen molar-refractivity contribution in [2.45, 2.75) is 26.8 Å². The lowest BCUT2D eigenvalue weighted by molar-refractivity contribution is 0.385. The quantitative estimate of drug-likeness (QED) is 0.911. The second-order valence-electron chi connectivity index (χ2n) is 4.70. The SMILES string of the molecule is COc1cc(C(C)Nn2c(C)ccc2C)ccc1F. The maximum Gasteiger partial charge on any atom is 0.165 e. The van der Waals surface area contributed by atoms with Crippen molar-refractivity contribution in [3.05, 3.63) is 53.1 Å². The van der Waals surface area contributed by atoms with E-state index in [0.717, 1.165) is 17.0 Å². The molecule has 1 atom stereocenters. The summed E-state index contributed by atoms with van der Waals surface area (Å²) in [6.45, 7) is 6.11. The molecule has 1 unspecified atom stereocenters. The summed E-state index contributed by atoms with van der Waals surface area (Å²) in [6.07, 6.45) is 0. The summed E-state index contributed by atoms with van der Waals surface area (Å²) in [5, 5.41) is 0. The molecule has 0 fully saturated rings. The summed E-state index contributed by atoms with van der Waals surface area (Å²) in [5.74, 6) is -0.0705. The molecule has 1 heterocycles. The third kappa shape index (κ3) is 2.72. The fourth-order valence-corrected chi connectivity index (χ4v) is 2.09. The first-order valence-electron chi connectivity index (χ1n) is 6.28. The number of halogens is 1. The van der Waals surface area contributed by atoms with Crippen LogP contribution in [-0.2, 0) is 0 Å². The maximum absolute atomic E-state index is 13.4. The van der Waals surface area contributed by atoms with Crippen LogP contribution < -0.4 is 10.2 Å². The molecule has 2 rings (SSSR count). The van der Waals surface area contributed by atoms with Gasteiger partial charge >= 0.3 is 0 Å². The molecule has 2 aromatic rings. The number of nitrogens with one attached hydrogen (secondary N) is 1. The zero-order valence-electron chi connectivity index (χ0n) is 11.7. The van der Waals surface area contributed by atoms with Crippen LogP contribution in [0, 0.1) is 19.7 Å². The Morgan fingerprint density at radius 2 is 1.79 bits per heavy atom. The molecule has 19 heavy (non-hydrogen) atoms. The van der Waals surface area contributed by atoms with Crippen molar-refractivity contribution in [2.24, 2.45) is 0 Å². The minimum Gasteiger partial charge on any atom is -0.494 e. The highest BCUT2D eigenvalue weighted by Gasteiger charge is 2.11. The molecule has 0 aliphatic carbocycles. The van der Waals surface area contributed by atoms with Crippen molar-refractivity contribution in [2.75, 3.05) is 12.5 Å². The molecule has 1 aromatic carbocycles. The first kappa shape index (κ1) is 13.5. The highest BCUT2D eigenvalue weighted by Crippen LogP contribution is 2.23. The van der Waals surface area contributed by atoms with Gasteiger partial charge < -0.3 is 10.2 Å². The number of aromatic nitrogens is 1. The first-order valence-corrected chi connectivity index (χ1v) is 6.28. The van der Waals surface area contributed by atoms with Crippen LogP contribution in [-0.4, -0.2) is 11.8 Å². The van der Waals surface area contributed by atoms with Crippen LogP contribution in [0.1, 0.15) is 29.9 Å². The molecule has 102 valence electrons. The summed E-state index contributed by atoms with van der Waals surface area (Å²) in [5.41, 5.74) is 6.64. The summed E-state index contributed by atoms with van der Waals surface area (Å²) in [6, 6.07) is 9.09. The number of methoxy groups -OCH3 is 1. The predicted octanol–water partition coefficient (Wildman–Crippen LogP) is 3.56. The molecule has 1 aromatic heterocycles. The Labute approximate surface area is 113 Å². The van der Waals surface area contributed by atoms with Gasteiger partial charge in [0.05, 0.1) is 13.2 Å². The minimum atomic E-state index is -0.341. The number of ether oxygens (including phenoxy) is 1. The van der Waals surface area contributed by atoms with Crippen molar-refractivity contribution in [1.82, 2.24) is 4.68 Å². The van der Waals surface area contributed by atoms with Gasteiger partial charge in [0.2, 0.25) is 0 Å². The summed E-state index contributed by atoms with van der Waals surface area (Å²) >= 11 is 0. The maximum atomic E-state index is 13.4. The van der Waals surface area contributed by atoms with Gasteiger partial charge in [-0.1, -0.05) is 6.07 Å². The fraction of sp³-hybridized carbons (Fsp3) is 0.333. The summed E-state index contributed by atoms with van der Waals surface area (Å²) in [4.78, 5) is 0. The molecule has 4 heteroatoms. The number of aryl methyl sites for hydroxylation is 2. The van der Waals surface area contributed by atoms with Gasteiger partial charge in [0.25, 0.3) is 0 Å². The topological polar surface area (TPSA) is 26.2 Å². The molecule has 0 radical (unpaired) electrons. The van der Waals surface area contributed by atoms with Crippen molar-refractivity contribution < 1.29 is 9.13 Å². The second-order valence-corrected chi connectivity index (χ2v) is 4.70. The Hall–Kier alpha value is -1.97. The van der Waals surface area contributed by atoms with Crippen LogP contribution in [0.2, 0.25) is 0 Å². The van der Waals surface area contributed by atoms with E-state index in [9.17, 15) is 4.39 Å². The highest BCUT2D eigenvalue weighted by atomic mass is 19.1. The van der Waals surface area contributed by atoms with Crippen LogP contribution in [0.15, 0.2) is 30.3 Å². The van der Waals surface area contributed by atoms with E-state index in [1.807, 2.05) is 25.4 Å². The van der Waals surface area contributed by atoms with Crippen LogP contribution in [0.4, 0.5) is 4.39 Å². The van der Waals surface area contributed by atoms with Gasteiger partial charge in [-0.25, -0.2) is 4.39 Å². The van der Waals surface area contributed by atoms with Gasteiger partial charge in [-0.2, -0.15) is 0 Å². The lowest BCUT2D eigenvalue weighted by Gasteiger charge is -2.20. The van der Waals surface area contributed by atoms with Gasteiger partial charge in [0.15, 0.2) is 11.6 Å². The van der Waals surface area contributed by atoms with Gasteiger partial charge in [0, 0.05) is 11.4 Å². The normalized spacial score (nSPS) is 12.3. The Kier molecular flexibility index (Phi) is 3.79. The summed E-state index contributed by atoms with van der Waals surface area (Å²) < 4.78 is 20.4. The Morgan fingerprint density at radius 3 is 2.37 bits per heavy atom. The molecule has 0 amide bonds. The van der Waals surface area contributed by atoms with E-state index in [1.165, 1.54) is 13.2 Å². The second kappa shape index (κ2) is 5.34. The third-order valence-electron chi connectivity index (χ3n) is 3.27. The largest absolute Gasteiger partial charge is 0.494 e. The minimum absolute atomic E-state index is 0.0549. The van der Waals surface area contributed by atoms with Gasteiger partial charge in [0.1, 0.15) is 0 Å². The third-order valence-corrected chi connectivity index (χ3v) is 3.27.